The molecule has 3 nitrogen and oxygen atoms in total. The molecule has 106 valence electrons. The van der Waals surface area contributed by atoms with Crippen molar-refractivity contribution < 1.29 is 8.42 Å². The highest BCUT2D eigenvalue weighted by molar-refractivity contribution is 7.89. The third kappa shape index (κ3) is 2.58. The Morgan fingerprint density at radius 2 is 1.85 bits per heavy atom. The van der Waals surface area contributed by atoms with Crippen LogP contribution in [0.5, 0.6) is 0 Å². The summed E-state index contributed by atoms with van der Waals surface area (Å²) in [7, 11) is -3.51. The van der Waals surface area contributed by atoms with E-state index in [2.05, 4.69) is 12.3 Å². The number of allylic oxidation sites excluding steroid dienone is 1. The van der Waals surface area contributed by atoms with Crippen LogP contribution >= 0.6 is 0 Å². The minimum atomic E-state index is -3.51. The van der Waals surface area contributed by atoms with Gasteiger partial charge in [0.1, 0.15) is 0 Å². The minimum absolute atomic E-state index is 0.207. The monoisotopic (exact) mass is 289 g/mol. The van der Waals surface area contributed by atoms with Crippen molar-refractivity contribution in [2.75, 3.05) is 6.54 Å². The van der Waals surface area contributed by atoms with Crippen molar-refractivity contribution in [2.45, 2.75) is 25.7 Å². The maximum atomic E-state index is 12.6. The average molecular weight is 289 g/mol. The highest BCUT2D eigenvalue weighted by Gasteiger charge is 2.31. The Kier molecular flexibility index (Phi) is 3.63. The number of benzene rings is 1. The fourth-order valence-corrected chi connectivity index (χ4v) is 3.35. The quantitative estimate of drug-likeness (QED) is 0.784. The van der Waals surface area contributed by atoms with Gasteiger partial charge in [-0.2, -0.15) is 0 Å². The Bertz CT molecular complexity index is 690. The highest BCUT2D eigenvalue weighted by Crippen LogP contribution is 2.33. The molecule has 0 saturated carbocycles. The molecular weight excluding hydrogens is 270 g/mol. The lowest BCUT2D eigenvalue weighted by atomic mass is 9.83. The minimum Gasteiger partial charge on any atom is -0.269 e. The second-order valence-corrected chi connectivity index (χ2v) is 7.45. The number of aryl methyl sites for hydroxylation is 1. The molecule has 1 heterocycles. The fourth-order valence-electron chi connectivity index (χ4n) is 2.08. The lowest BCUT2D eigenvalue weighted by Gasteiger charge is -2.33. The van der Waals surface area contributed by atoms with E-state index in [1.165, 1.54) is 4.31 Å². The molecular formula is C16H19NO2S. The highest BCUT2D eigenvalue weighted by atomic mass is 32.2. The average Bonchev–Trinajstić information content (AvgIpc) is 2.38. The maximum absolute atomic E-state index is 12.6. The summed E-state index contributed by atoms with van der Waals surface area (Å²) in [6.45, 7) is 9.93. The van der Waals surface area contributed by atoms with E-state index < -0.39 is 10.0 Å². The summed E-state index contributed by atoms with van der Waals surface area (Å²) in [6, 6.07) is 6.87. The van der Waals surface area contributed by atoms with E-state index in [1.54, 1.807) is 30.5 Å². The smallest absolute Gasteiger partial charge is 0.264 e. The lowest BCUT2D eigenvalue weighted by molar-refractivity contribution is 0.446. The van der Waals surface area contributed by atoms with Gasteiger partial charge in [0.2, 0.25) is 0 Å². The number of sulfonamides is 1. The predicted molar refractivity (Wildman–Crippen MR) is 80.6 cm³/mol. The van der Waals surface area contributed by atoms with Gasteiger partial charge in [-0.05, 0) is 19.1 Å². The molecule has 2 rings (SSSR count). The Labute approximate surface area is 121 Å². The van der Waals surface area contributed by atoms with Gasteiger partial charge in [-0.3, -0.25) is 4.31 Å². The second-order valence-electron chi connectivity index (χ2n) is 5.56. The Hall–Kier alpha value is -1.77. The second kappa shape index (κ2) is 4.97. The molecule has 1 aromatic rings. The van der Waals surface area contributed by atoms with E-state index in [0.717, 1.165) is 11.1 Å². The van der Waals surface area contributed by atoms with E-state index >= 15 is 0 Å². The first-order valence-electron chi connectivity index (χ1n) is 6.44. The normalized spacial score (nSPS) is 17.9. The van der Waals surface area contributed by atoms with Gasteiger partial charge in [0.05, 0.1) is 11.4 Å². The van der Waals surface area contributed by atoms with Crippen molar-refractivity contribution in [2.24, 2.45) is 5.41 Å². The van der Waals surface area contributed by atoms with E-state index in [9.17, 15) is 8.42 Å². The predicted octanol–water partition coefficient (Wildman–Crippen LogP) is 3.25. The molecule has 0 saturated heterocycles. The SMILES string of the molecule is C=C=C1CN(S(=O)(=O)c2ccc(C)cc2)C=CC1(C)C. The molecule has 0 bridgehead atoms. The third-order valence-electron chi connectivity index (χ3n) is 3.59. The Morgan fingerprint density at radius 1 is 1.25 bits per heavy atom. The zero-order valence-corrected chi connectivity index (χ0v) is 12.9. The molecule has 0 fully saturated rings. The summed E-state index contributed by atoms with van der Waals surface area (Å²) >= 11 is 0. The molecule has 0 radical (unpaired) electrons. The van der Waals surface area contributed by atoms with Gasteiger partial charge < -0.3 is 0 Å². The van der Waals surface area contributed by atoms with Crippen LogP contribution in [0.1, 0.15) is 19.4 Å². The van der Waals surface area contributed by atoms with Crippen molar-refractivity contribution >= 4 is 10.0 Å². The summed E-state index contributed by atoms with van der Waals surface area (Å²) < 4.78 is 26.5. The van der Waals surface area contributed by atoms with Gasteiger partial charge in [0.25, 0.3) is 10.0 Å². The number of rotatable bonds is 2. The summed E-state index contributed by atoms with van der Waals surface area (Å²) in [5.41, 5.74) is 4.56. The van der Waals surface area contributed by atoms with Crippen molar-refractivity contribution in [3.63, 3.8) is 0 Å². The van der Waals surface area contributed by atoms with Gasteiger partial charge in [-0.1, -0.05) is 44.2 Å². The molecule has 1 aliphatic rings. The molecule has 0 spiro atoms. The summed E-state index contributed by atoms with van der Waals surface area (Å²) in [6.07, 6.45) is 3.51. The van der Waals surface area contributed by atoms with Crippen LogP contribution in [0.4, 0.5) is 0 Å². The number of nitrogens with zero attached hydrogens (tertiary/aromatic N) is 1. The van der Waals surface area contributed by atoms with Crippen LogP contribution in [0.25, 0.3) is 0 Å². The first-order chi connectivity index (χ1) is 9.27. The molecule has 4 heteroatoms. The third-order valence-corrected chi connectivity index (χ3v) is 5.33. The topological polar surface area (TPSA) is 37.4 Å². The van der Waals surface area contributed by atoms with Crippen molar-refractivity contribution in [3.05, 3.63) is 60.0 Å². The van der Waals surface area contributed by atoms with Gasteiger partial charge in [0, 0.05) is 17.2 Å². The molecule has 0 amide bonds. The largest absolute Gasteiger partial charge is 0.269 e. The van der Waals surface area contributed by atoms with E-state index in [4.69, 9.17) is 0 Å². The molecule has 0 aliphatic carbocycles. The first kappa shape index (κ1) is 14.6. The Morgan fingerprint density at radius 3 is 2.40 bits per heavy atom. The van der Waals surface area contributed by atoms with E-state index in [-0.39, 0.29) is 5.41 Å². The van der Waals surface area contributed by atoms with Crippen molar-refractivity contribution in [3.8, 4) is 0 Å². The van der Waals surface area contributed by atoms with Crippen LogP contribution in [0.2, 0.25) is 0 Å². The summed E-state index contributed by atoms with van der Waals surface area (Å²) in [5.74, 6) is 0. The molecule has 1 aliphatic heterocycles. The van der Waals surface area contributed by atoms with Crippen LogP contribution in [0.15, 0.2) is 59.3 Å². The standard InChI is InChI=1S/C16H19NO2S/c1-5-14-12-17(11-10-16(14,3)4)20(18,19)15-8-6-13(2)7-9-15/h6-11H,1,12H2,2-4H3. The zero-order valence-electron chi connectivity index (χ0n) is 12.1. The zero-order chi connectivity index (χ0) is 15.0. The molecule has 0 aromatic heterocycles. The van der Waals surface area contributed by atoms with E-state index in [0.29, 0.717) is 11.4 Å². The molecule has 0 atom stereocenters. The fraction of sp³-hybridized carbons (Fsp3) is 0.312. The van der Waals surface area contributed by atoms with Gasteiger partial charge in [0.15, 0.2) is 0 Å². The maximum Gasteiger partial charge on any atom is 0.264 e. The molecule has 20 heavy (non-hydrogen) atoms. The molecule has 1 aromatic carbocycles. The summed E-state index contributed by atoms with van der Waals surface area (Å²) in [5, 5.41) is 0. The number of hydrogen-bond donors (Lipinski definition) is 0. The van der Waals surface area contributed by atoms with Gasteiger partial charge >= 0.3 is 0 Å². The Balaban J connectivity index is 2.42. The van der Waals surface area contributed by atoms with Crippen molar-refractivity contribution in [1.29, 1.82) is 0 Å². The summed E-state index contributed by atoms with van der Waals surface area (Å²) in [4.78, 5) is 0.302. The van der Waals surface area contributed by atoms with Crippen LogP contribution < -0.4 is 0 Å². The van der Waals surface area contributed by atoms with E-state index in [1.807, 2.05) is 26.8 Å². The molecule has 0 N–H and O–H groups in total. The van der Waals surface area contributed by atoms with Crippen molar-refractivity contribution in [1.82, 2.24) is 4.31 Å². The van der Waals surface area contributed by atoms with Gasteiger partial charge in [-0.25, -0.2) is 8.42 Å². The lowest BCUT2D eigenvalue weighted by Crippen LogP contribution is -2.35. The first-order valence-corrected chi connectivity index (χ1v) is 7.89. The number of hydrogen-bond acceptors (Lipinski definition) is 2. The van der Waals surface area contributed by atoms with Crippen LogP contribution in [-0.2, 0) is 10.0 Å². The van der Waals surface area contributed by atoms with Gasteiger partial charge in [-0.15, -0.1) is 5.73 Å². The van der Waals surface area contributed by atoms with Crippen LogP contribution in [0, 0.1) is 12.3 Å². The van der Waals surface area contributed by atoms with Crippen LogP contribution in [0.3, 0.4) is 0 Å². The van der Waals surface area contributed by atoms with Crippen LogP contribution in [-0.4, -0.2) is 19.3 Å². The molecule has 0 unspecified atom stereocenters.